The molecule has 2 heterocycles. The van der Waals surface area contributed by atoms with Crippen molar-refractivity contribution in [1.82, 2.24) is 9.47 Å². The van der Waals surface area contributed by atoms with Crippen molar-refractivity contribution in [3.63, 3.8) is 0 Å². The second-order valence-corrected chi connectivity index (χ2v) is 8.01. The van der Waals surface area contributed by atoms with Gasteiger partial charge >= 0.3 is 6.03 Å². The van der Waals surface area contributed by atoms with E-state index in [-0.39, 0.29) is 12.2 Å². The summed E-state index contributed by atoms with van der Waals surface area (Å²) >= 11 is 6.28. The second kappa shape index (κ2) is 8.13. The van der Waals surface area contributed by atoms with Gasteiger partial charge in [-0.2, -0.15) is 0 Å². The van der Waals surface area contributed by atoms with Crippen LogP contribution in [0.15, 0.2) is 85.1 Å². The van der Waals surface area contributed by atoms with E-state index in [1.165, 1.54) is 6.07 Å². The van der Waals surface area contributed by atoms with Gasteiger partial charge in [-0.05, 0) is 53.6 Å². The molecule has 1 aliphatic rings. The molecule has 0 bridgehead atoms. The van der Waals surface area contributed by atoms with E-state index in [2.05, 4.69) is 5.32 Å². The largest absolute Gasteiger partial charge is 0.323 e. The van der Waals surface area contributed by atoms with Gasteiger partial charge in [-0.1, -0.05) is 41.9 Å². The third-order valence-electron chi connectivity index (χ3n) is 5.56. The first-order valence-electron chi connectivity index (χ1n) is 10.0. The first kappa shape index (κ1) is 20.3. The number of nitrogens with zero attached hydrogens (tertiary/aromatic N) is 2. The lowest BCUT2D eigenvalue weighted by Crippen LogP contribution is -2.38. The Kier molecular flexibility index (Phi) is 5.15. The molecule has 0 saturated heterocycles. The number of urea groups is 1. The third kappa shape index (κ3) is 3.63. The van der Waals surface area contributed by atoms with Crippen LogP contribution < -0.4 is 5.32 Å². The monoisotopic (exact) mass is 449 g/mol. The molecular formula is C25H18ClF2N3O. The van der Waals surface area contributed by atoms with Gasteiger partial charge in [0, 0.05) is 23.0 Å². The van der Waals surface area contributed by atoms with E-state index in [0.717, 1.165) is 34.6 Å². The number of hydrogen-bond donors (Lipinski definition) is 1. The van der Waals surface area contributed by atoms with Crippen LogP contribution in [-0.2, 0) is 6.54 Å². The minimum atomic E-state index is -0.837. The fraction of sp³-hybridized carbons (Fsp3) is 0.0800. The van der Waals surface area contributed by atoms with E-state index in [1.54, 1.807) is 11.0 Å². The summed E-state index contributed by atoms with van der Waals surface area (Å²) in [5.74, 6) is -1.55. The molecule has 4 aromatic rings. The number of nitrogens with one attached hydrogen (secondary N) is 1. The Bertz CT molecular complexity index is 1320. The van der Waals surface area contributed by atoms with Gasteiger partial charge < -0.3 is 14.8 Å². The van der Waals surface area contributed by atoms with Crippen LogP contribution in [0.25, 0.3) is 5.69 Å². The molecule has 3 aromatic carbocycles. The van der Waals surface area contributed by atoms with Gasteiger partial charge in [0.05, 0.1) is 24.0 Å². The van der Waals surface area contributed by atoms with Gasteiger partial charge in [0.25, 0.3) is 0 Å². The molecule has 5 rings (SSSR count). The van der Waals surface area contributed by atoms with E-state index >= 15 is 0 Å². The van der Waals surface area contributed by atoms with Crippen LogP contribution in [0.2, 0.25) is 5.02 Å². The van der Waals surface area contributed by atoms with E-state index in [4.69, 9.17) is 11.6 Å². The predicted octanol–water partition coefficient (Wildman–Crippen LogP) is 6.55. The minimum absolute atomic E-state index is 0.0887. The number of benzene rings is 3. The Balaban J connectivity index is 1.64. The van der Waals surface area contributed by atoms with Crippen LogP contribution in [0.3, 0.4) is 0 Å². The van der Waals surface area contributed by atoms with Crippen molar-refractivity contribution in [2.45, 2.75) is 12.6 Å². The van der Waals surface area contributed by atoms with Gasteiger partial charge in [-0.3, -0.25) is 0 Å². The van der Waals surface area contributed by atoms with Gasteiger partial charge in [-0.15, -0.1) is 0 Å². The van der Waals surface area contributed by atoms with Crippen molar-refractivity contribution in [2.75, 3.05) is 5.32 Å². The molecule has 0 fully saturated rings. The van der Waals surface area contributed by atoms with E-state index in [1.807, 2.05) is 65.4 Å². The Morgan fingerprint density at radius 3 is 2.62 bits per heavy atom. The number of para-hydroxylation sites is 1. The first-order valence-corrected chi connectivity index (χ1v) is 10.4. The zero-order valence-electron chi connectivity index (χ0n) is 16.8. The second-order valence-electron chi connectivity index (χ2n) is 7.57. The van der Waals surface area contributed by atoms with Crippen LogP contribution in [0.5, 0.6) is 0 Å². The fourth-order valence-corrected chi connectivity index (χ4v) is 4.34. The number of fused-ring (bicyclic) bond motifs is 3. The molecule has 1 N–H and O–H groups in total. The van der Waals surface area contributed by atoms with Gasteiger partial charge in [-0.25, -0.2) is 13.6 Å². The maximum atomic E-state index is 14.3. The Labute approximate surface area is 188 Å². The summed E-state index contributed by atoms with van der Waals surface area (Å²) in [7, 11) is 0. The molecule has 7 heteroatoms. The smallest absolute Gasteiger partial charge is 0.318 e. The summed E-state index contributed by atoms with van der Waals surface area (Å²) in [4.78, 5) is 15.1. The van der Waals surface area contributed by atoms with Crippen LogP contribution in [-0.4, -0.2) is 15.5 Å². The average molecular weight is 450 g/mol. The van der Waals surface area contributed by atoms with Crippen molar-refractivity contribution in [1.29, 1.82) is 0 Å². The van der Waals surface area contributed by atoms with Gasteiger partial charge in [0.2, 0.25) is 0 Å². The SMILES string of the molecule is O=C(Nc1ccc(F)cc1F)N1Cc2ccccc2-n2cccc2[C@H]1c1cccc(Cl)c1. The lowest BCUT2D eigenvalue weighted by atomic mass is 10.0. The lowest BCUT2D eigenvalue weighted by Gasteiger charge is -2.31. The number of aromatic nitrogens is 1. The molecule has 0 aliphatic carbocycles. The molecule has 0 radical (unpaired) electrons. The molecule has 2 amide bonds. The summed E-state index contributed by atoms with van der Waals surface area (Å²) in [6.45, 7) is 0.281. The number of anilines is 1. The van der Waals surface area contributed by atoms with E-state index in [9.17, 15) is 13.6 Å². The molecule has 1 aromatic heterocycles. The summed E-state index contributed by atoms with van der Waals surface area (Å²) < 4.78 is 29.6. The Morgan fingerprint density at radius 2 is 1.81 bits per heavy atom. The van der Waals surface area contributed by atoms with Crippen LogP contribution in [0.1, 0.15) is 22.9 Å². The number of rotatable bonds is 2. The maximum absolute atomic E-state index is 14.3. The number of amides is 2. The predicted molar refractivity (Wildman–Crippen MR) is 120 cm³/mol. The standard InChI is InChI=1S/C25H18ClF2N3O/c26-18-7-3-6-16(13-18)24-23-9-4-12-30(23)22-8-2-1-5-17(22)15-31(24)25(32)29-21-11-10-19(27)14-20(21)28/h1-14,24H,15H2,(H,29,32)/t24-/m1/s1. The highest BCUT2D eigenvalue weighted by atomic mass is 35.5. The topological polar surface area (TPSA) is 37.3 Å². The lowest BCUT2D eigenvalue weighted by molar-refractivity contribution is 0.194. The Morgan fingerprint density at radius 1 is 0.969 bits per heavy atom. The zero-order chi connectivity index (χ0) is 22.2. The maximum Gasteiger partial charge on any atom is 0.323 e. The quantitative estimate of drug-likeness (QED) is 0.370. The molecular weight excluding hydrogens is 432 g/mol. The molecule has 0 spiro atoms. The highest BCUT2D eigenvalue weighted by Gasteiger charge is 2.33. The van der Waals surface area contributed by atoms with Crippen LogP contribution in [0.4, 0.5) is 19.3 Å². The minimum Gasteiger partial charge on any atom is -0.318 e. The molecule has 32 heavy (non-hydrogen) atoms. The molecule has 1 atom stereocenters. The molecule has 0 unspecified atom stereocenters. The summed E-state index contributed by atoms with van der Waals surface area (Å²) in [5.41, 5.74) is 3.49. The zero-order valence-corrected chi connectivity index (χ0v) is 17.6. The molecule has 160 valence electrons. The van der Waals surface area contributed by atoms with Crippen molar-refractivity contribution < 1.29 is 13.6 Å². The van der Waals surface area contributed by atoms with E-state index < -0.39 is 23.7 Å². The molecule has 1 aliphatic heterocycles. The highest BCUT2D eigenvalue weighted by molar-refractivity contribution is 6.30. The van der Waals surface area contributed by atoms with Gasteiger partial charge in [0.15, 0.2) is 0 Å². The van der Waals surface area contributed by atoms with Crippen LogP contribution >= 0.6 is 11.6 Å². The third-order valence-corrected chi connectivity index (χ3v) is 5.80. The summed E-state index contributed by atoms with van der Waals surface area (Å²) in [6.07, 6.45) is 1.95. The average Bonchev–Trinajstić information content (AvgIpc) is 3.20. The number of carbonyl (C=O) groups is 1. The van der Waals surface area contributed by atoms with Crippen molar-refractivity contribution in [3.8, 4) is 5.69 Å². The number of hydrogen-bond acceptors (Lipinski definition) is 1. The Hall–Kier alpha value is -3.64. The van der Waals surface area contributed by atoms with Crippen molar-refractivity contribution in [2.24, 2.45) is 0 Å². The number of halogens is 3. The van der Waals surface area contributed by atoms with Crippen molar-refractivity contribution in [3.05, 3.63) is 119 Å². The number of carbonyl (C=O) groups excluding carboxylic acids is 1. The molecule has 0 saturated carbocycles. The highest BCUT2D eigenvalue weighted by Crippen LogP contribution is 2.37. The first-order chi connectivity index (χ1) is 15.5. The van der Waals surface area contributed by atoms with Gasteiger partial charge in [0.1, 0.15) is 11.6 Å². The molecule has 4 nitrogen and oxygen atoms in total. The summed E-state index contributed by atoms with van der Waals surface area (Å²) in [6, 6.07) is 21.1. The van der Waals surface area contributed by atoms with Crippen LogP contribution in [0, 0.1) is 11.6 Å². The normalized spacial score (nSPS) is 15.0. The fourth-order valence-electron chi connectivity index (χ4n) is 4.14. The van der Waals surface area contributed by atoms with Crippen molar-refractivity contribution >= 4 is 23.3 Å². The summed E-state index contributed by atoms with van der Waals surface area (Å²) in [5, 5.41) is 3.15. The van der Waals surface area contributed by atoms with E-state index in [0.29, 0.717) is 5.02 Å².